The third kappa shape index (κ3) is 3.10. The second kappa shape index (κ2) is 6.66. The summed E-state index contributed by atoms with van der Waals surface area (Å²) < 4.78 is 7.87. The largest absolute Gasteiger partial charge is 0.468 e. The highest BCUT2D eigenvalue weighted by atomic mass is 79.9. The molecule has 1 saturated heterocycles. The lowest BCUT2D eigenvalue weighted by Crippen LogP contribution is -2.48. The molecule has 0 bridgehead atoms. The first kappa shape index (κ1) is 15.3. The van der Waals surface area contributed by atoms with Crippen LogP contribution in [0.15, 0.2) is 33.5 Å². The van der Waals surface area contributed by atoms with Crippen LogP contribution >= 0.6 is 15.9 Å². The molecule has 0 radical (unpaired) electrons. The number of hydrogen-bond acceptors (Lipinski definition) is 4. The topological polar surface area (TPSA) is 54.5 Å². The second-order valence-corrected chi connectivity index (χ2v) is 6.16. The highest BCUT2D eigenvalue weighted by molar-refractivity contribution is 9.10. The van der Waals surface area contributed by atoms with Gasteiger partial charge in [0.15, 0.2) is 0 Å². The normalized spacial score (nSPS) is 16.2. The Kier molecular flexibility index (Phi) is 4.63. The number of piperazine rings is 1. The molecule has 6 nitrogen and oxygen atoms in total. The van der Waals surface area contributed by atoms with Gasteiger partial charge in [0.1, 0.15) is 11.5 Å². The average molecular weight is 367 g/mol. The number of aromatic nitrogens is 2. The van der Waals surface area contributed by atoms with Crippen molar-refractivity contribution in [1.82, 2.24) is 19.6 Å². The van der Waals surface area contributed by atoms with Gasteiger partial charge in [-0.25, -0.2) is 0 Å². The number of furan rings is 1. The SMILES string of the molecule is CCn1ncc(Br)c1C(=O)N1CCN(Cc2ccco2)CC1. The van der Waals surface area contributed by atoms with Crippen molar-refractivity contribution in [2.24, 2.45) is 0 Å². The number of aryl methyl sites for hydroxylation is 1. The van der Waals surface area contributed by atoms with Gasteiger partial charge in [-0.15, -0.1) is 0 Å². The van der Waals surface area contributed by atoms with Gasteiger partial charge in [-0.3, -0.25) is 14.4 Å². The molecule has 1 aliphatic heterocycles. The zero-order valence-electron chi connectivity index (χ0n) is 12.5. The summed E-state index contributed by atoms with van der Waals surface area (Å²) >= 11 is 3.42. The van der Waals surface area contributed by atoms with Gasteiger partial charge < -0.3 is 9.32 Å². The maximum Gasteiger partial charge on any atom is 0.273 e. The van der Waals surface area contributed by atoms with Crippen LogP contribution in [-0.2, 0) is 13.1 Å². The lowest BCUT2D eigenvalue weighted by molar-refractivity contribution is 0.0607. The minimum absolute atomic E-state index is 0.0453. The Bertz CT molecular complexity index is 630. The van der Waals surface area contributed by atoms with Crippen molar-refractivity contribution in [3.63, 3.8) is 0 Å². The van der Waals surface area contributed by atoms with E-state index in [2.05, 4.69) is 25.9 Å². The lowest BCUT2D eigenvalue weighted by atomic mass is 10.2. The molecule has 22 heavy (non-hydrogen) atoms. The van der Waals surface area contributed by atoms with Gasteiger partial charge in [0.25, 0.3) is 5.91 Å². The van der Waals surface area contributed by atoms with Crippen molar-refractivity contribution in [1.29, 1.82) is 0 Å². The summed E-state index contributed by atoms with van der Waals surface area (Å²) in [6, 6.07) is 3.88. The fourth-order valence-corrected chi connectivity index (χ4v) is 3.16. The van der Waals surface area contributed by atoms with Crippen LogP contribution in [0, 0.1) is 0 Å². The van der Waals surface area contributed by atoms with Gasteiger partial charge in [0, 0.05) is 32.7 Å². The van der Waals surface area contributed by atoms with Crippen molar-refractivity contribution < 1.29 is 9.21 Å². The lowest BCUT2D eigenvalue weighted by Gasteiger charge is -2.34. The predicted molar refractivity (Wildman–Crippen MR) is 85.5 cm³/mol. The van der Waals surface area contributed by atoms with Crippen LogP contribution < -0.4 is 0 Å². The van der Waals surface area contributed by atoms with Crippen LogP contribution in [0.5, 0.6) is 0 Å². The molecule has 0 saturated carbocycles. The number of rotatable bonds is 4. The summed E-state index contributed by atoms with van der Waals surface area (Å²) in [5.41, 5.74) is 0.641. The Hall–Kier alpha value is -1.60. The first-order chi connectivity index (χ1) is 10.7. The van der Waals surface area contributed by atoms with Crippen molar-refractivity contribution in [2.45, 2.75) is 20.0 Å². The van der Waals surface area contributed by atoms with Crippen LogP contribution in [0.1, 0.15) is 23.2 Å². The van der Waals surface area contributed by atoms with Crippen LogP contribution in [-0.4, -0.2) is 51.7 Å². The minimum Gasteiger partial charge on any atom is -0.468 e. The molecule has 0 spiro atoms. The molecule has 7 heteroatoms. The van der Waals surface area contributed by atoms with Gasteiger partial charge in [0.05, 0.1) is 23.5 Å². The fourth-order valence-electron chi connectivity index (χ4n) is 2.70. The molecule has 0 atom stereocenters. The molecule has 0 aromatic carbocycles. The predicted octanol–water partition coefficient (Wildman–Crippen LogP) is 2.22. The monoisotopic (exact) mass is 366 g/mol. The summed E-state index contributed by atoms with van der Waals surface area (Å²) in [5.74, 6) is 1.01. The molecule has 3 rings (SSSR count). The number of carbonyl (C=O) groups is 1. The highest BCUT2D eigenvalue weighted by Gasteiger charge is 2.26. The van der Waals surface area contributed by atoms with Crippen LogP contribution in [0.4, 0.5) is 0 Å². The van der Waals surface area contributed by atoms with Gasteiger partial charge >= 0.3 is 0 Å². The summed E-state index contributed by atoms with van der Waals surface area (Å²) in [7, 11) is 0. The molecule has 118 valence electrons. The minimum atomic E-state index is 0.0453. The zero-order valence-corrected chi connectivity index (χ0v) is 14.1. The molecular weight excluding hydrogens is 348 g/mol. The smallest absolute Gasteiger partial charge is 0.273 e. The molecular formula is C15H19BrN4O2. The number of halogens is 1. The van der Waals surface area contributed by atoms with Crippen molar-refractivity contribution in [3.05, 3.63) is 40.5 Å². The van der Waals surface area contributed by atoms with E-state index in [0.717, 1.165) is 43.0 Å². The van der Waals surface area contributed by atoms with Gasteiger partial charge in [-0.1, -0.05) is 0 Å². The Labute approximate surface area is 137 Å². The van der Waals surface area contributed by atoms with E-state index in [1.165, 1.54) is 0 Å². The summed E-state index contributed by atoms with van der Waals surface area (Å²) in [6.07, 6.45) is 3.38. The molecule has 2 aromatic rings. The van der Waals surface area contributed by atoms with Gasteiger partial charge in [-0.2, -0.15) is 5.10 Å². The third-order valence-electron chi connectivity index (χ3n) is 3.92. The first-order valence-electron chi connectivity index (χ1n) is 7.44. The van der Waals surface area contributed by atoms with Crippen molar-refractivity contribution in [3.8, 4) is 0 Å². The van der Waals surface area contributed by atoms with E-state index < -0.39 is 0 Å². The quantitative estimate of drug-likeness (QED) is 0.832. The van der Waals surface area contributed by atoms with E-state index in [9.17, 15) is 4.79 Å². The van der Waals surface area contributed by atoms with Crippen molar-refractivity contribution in [2.75, 3.05) is 26.2 Å². The Morgan fingerprint density at radius 1 is 1.36 bits per heavy atom. The van der Waals surface area contributed by atoms with E-state index in [-0.39, 0.29) is 5.91 Å². The number of amides is 1. The summed E-state index contributed by atoms with van der Waals surface area (Å²) in [6.45, 7) is 6.62. The van der Waals surface area contributed by atoms with E-state index in [0.29, 0.717) is 12.2 Å². The molecule has 0 aliphatic carbocycles. The maximum absolute atomic E-state index is 12.7. The Morgan fingerprint density at radius 3 is 2.77 bits per heavy atom. The van der Waals surface area contributed by atoms with Gasteiger partial charge in [0.2, 0.25) is 0 Å². The van der Waals surface area contributed by atoms with E-state index in [1.54, 1.807) is 17.1 Å². The molecule has 1 fully saturated rings. The van der Waals surface area contributed by atoms with E-state index in [4.69, 9.17) is 4.42 Å². The van der Waals surface area contributed by atoms with E-state index in [1.807, 2.05) is 24.0 Å². The third-order valence-corrected chi connectivity index (χ3v) is 4.50. The molecule has 1 amide bonds. The average Bonchev–Trinajstić information content (AvgIpc) is 3.16. The summed E-state index contributed by atoms with van der Waals surface area (Å²) in [5, 5.41) is 4.21. The second-order valence-electron chi connectivity index (χ2n) is 5.30. The van der Waals surface area contributed by atoms with Gasteiger partial charge in [-0.05, 0) is 35.0 Å². The standard InChI is InChI=1S/C15H19BrN4O2/c1-2-20-14(13(16)10-17-20)15(21)19-7-5-18(6-8-19)11-12-4-3-9-22-12/h3-4,9-10H,2,5-8,11H2,1H3. The number of hydrogen-bond donors (Lipinski definition) is 0. The Morgan fingerprint density at radius 2 is 2.14 bits per heavy atom. The van der Waals surface area contributed by atoms with E-state index >= 15 is 0 Å². The highest BCUT2D eigenvalue weighted by Crippen LogP contribution is 2.19. The number of nitrogens with zero attached hydrogens (tertiary/aromatic N) is 4. The first-order valence-corrected chi connectivity index (χ1v) is 8.23. The maximum atomic E-state index is 12.7. The Balaban J connectivity index is 1.61. The molecule has 0 N–H and O–H groups in total. The summed E-state index contributed by atoms with van der Waals surface area (Å²) in [4.78, 5) is 16.9. The van der Waals surface area contributed by atoms with Crippen molar-refractivity contribution >= 4 is 21.8 Å². The molecule has 1 aliphatic rings. The molecule has 0 unspecified atom stereocenters. The zero-order chi connectivity index (χ0) is 15.5. The number of carbonyl (C=O) groups excluding carboxylic acids is 1. The molecule has 2 aromatic heterocycles. The van der Waals surface area contributed by atoms with Crippen LogP contribution in [0.25, 0.3) is 0 Å². The van der Waals surface area contributed by atoms with Crippen LogP contribution in [0.2, 0.25) is 0 Å². The molecule has 3 heterocycles. The fraction of sp³-hybridized carbons (Fsp3) is 0.467. The van der Waals surface area contributed by atoms with Crippen LogP contribution in [0.3, 0.4) is 0 Å².